The first kappa shape index (κ1) is 31.5. The summed E-state index contributed by atoms with van der Waals surface area (Å²) in [5.41, 5.74) is 4.14. The smallest absolute Gasteiger partial charge is 0.297 e. The van der Waals surface area contributed by atoms with Crippen molar-refractivity contribution in [3.05, 3.63) is 100 Å². The zero-order chi connectivity index (χ0) is 29.6. The van der Waals surface area contributed by atoms with Crippen molar-refractivity contribution in [1.29, 1.82) is 0 Å². The molecule has 6 nitrogen and oxygen atoms in total. The second-order valence-electron chi connectivity index (χ2n) is 10.5. The number of rotatable bonds is 16. The maximum absolute atomic E-state index is 13.8. The molecule has 0 aliphatic heterocycles. The number of carbonyl (C=O) groups is 1. The lowest BCUT2D eigenvalue weighted by atomic mass is 10.1. The normalized spacial score (nSPS) is 11.3. The minimum Gasteiger partial charge on any atom is -0.485 e. The summed E-state index contributed by atoms with van der Waals surface area (Å²) >= 11 is 0. The van der Waals surface area contributed by atoms with E-state index in [1.807, 2.05) is 42.5 Å². The highest BCUT2D eigenvalue weighted by Crippen LogP contribution is 2.35. The molecule has 0 aliphatic carbocycles. The van der Waals surface area contributed by atoms with Gasteiger partial charge in [-0.3, -0.25) is 9.59 Å². The van der Waals surface area contributed by atoms with Crippen LogP contribution in [0.1, 0.15) is 76.6 Å². The van der Waals surface area contributed by atoms with Gasteiger partial charge in [0.15, 0.2) is 5.75 Å². The highest BCUT2D eigenvalue weighted by molar-refractivity contribution is 6.05. The summed E-state index contributed by atoms with van der Waals surface area (Å²) in [4.78, 5) is 26.7. The van der Waals surface area contributed by atoms with Crippen LogP contribution in [0.25, 0.3) is 10.9 Å². The van der Waals surface area contributed by atoms with Crippen LogP contribution in [0.3, 0.4) is 0 Å². The molecule has 0 aliphatic rings. The molecule has 6 heteroatoms. The molecule has 3 rings (SSSR count). The third kappa shape index (κ3) is 9.24. The molecule has 3 aromatic rings. The number of ether oxygens (including phenoxy) is 2. The molecule has 0 spiro atoms. The van der Waals surface area contributed by atoms with Gasteiger partial charge >= 0.3 is 0 Å². The maximum atomic E-state index is 13.8. The molecule has 0 radical (unpaired) electrons. The van der Waals surface area contributed by atoms with Gasteiger partial charge in [-0.15, -0.1) is 0 Å². The quantitative estimate of drug-likeness (QED) is 0.142. The predicted octanol–water partition coefficient (Wildman–Crippen LogP) is 8.47. The van der Waals surface area contributed by atoms with Gasteiger partial charge in [0.1, 0.15) is 13.2 Å². The minimum absolute atomic E-state index is 0.185. The van der Waals surface area contributed by atoms with Crippen LogP contribution in [-0.4, -0.2) is 23.7 Å². The van der Waals surface area contributed by atoms with E-state index in [0.29, 0.717) is 35.7 Å². The number of aryl methyl sites for hydroxylation is 1. The number of nitrogens with one attached hydrogen (secondary N) is 1. The molecule has 1 heterocycles. The Hall–Kier alpha value is -4.06. The highest BCUT2D eigenvalue weighted by Gasteiger charge is 2.20. The fraction of sp³-hybridized carbons (Fsp3) is 0.371. The molecule has 0 saturated carbocycles. The van der Waals surface area contributed by atoms with Crippen molar-refractivity contribution in [1.82, 2.24) is 4.57 Å². The summed E-state index contributed by atoms with van der Waals surface area (Å²) < 4.78 is 13.9. The first-order chi connectivity index (χ1) is 19.8. The van der Waals surface area contributed by atoms with Gasteiger partial charge in [-0.25, -0.2) is 0 Å². The Morgan fingerprint density at radius 3 is 2.41 bits per heavy atom. The van der Waals surface area contributed by atoms with Crippen LogP contribution in [0.5, 0.6) is 11.5 Å². The molecule has 1 N–H and O–H groups in total. The van der Waals surface area contributed by atoms with E-state index in [2.05, 4.69) is 45.7 Å². The summed E-state index contributed by atoms with van der Waals surface area (Å²) in [6.07, 6.45) is 11.9. The van der Waals surface area contributed by atoms with Crippen LogP contribution >= 0.6 is 0 Å². The molecular formula is C35H44N2O4. The zero-order valence-electron chi connectivity index (χ0n) is 25.0. The van der Waals surface area contributed by atoms with Crippen molar-refractivity contribution < 1.29 is 14.3 Å². The van der Waals surface area contributed by atoms with Crippen molar-refractivity contribution in [2.45, 2.75) is 72.8 Å². The number of hydrogen-bond acceptors (Lipinski definition) is 4. The summed E-state index contributed by atoms with van der Waals surface area (Å²) in [6.45, 7) is 13.2. The van der Waals surface area contributed by atoms with E-state index >= 15 is 0 Å². The zero-order valence-corrected chi connectivity index (χ0v) is 25.0. The molecule has 0 saturated heterocycles. The van der Waals surface area contributed by atoms with Gasteiger partial charge < -0.3 is 19.4 Å². The Morgan fingerprint density at radius 2 is 1.71 bits per heavy atom. The molecule has 0 atom stereocenters. The lowest BCUT2D eigenvalue weighted by Crippen LogP contribution is -2.24. The van der Waals surface area contributed by atoms with Gasteiger partial charge in [-0.2, -0.15) is 0 Å². The number of unbranched alkanes of at least 4 members (excludes halogenated alkanes) is 3. The van der Waals surface area contributed by atoms with Crippen molar-refractivity contribution in [2.24, 2.45) is 0 Å². The standard InChI is InChI=1S/C35H44N2O4/c1-6-8-9-13-22-37-31-25-29(36-34(38)28-17-11-10-12-18-28)19-20-30(31)32(33(35(37)39)40-23-7-2)41-24-21-27(5)16-14-15-26(3)4/h7,10-12,15,17-21,25H,2,6,8-9,13-14,16,22-24H2,1,3-5H3,(H,36,38). The first-order valence-corrected chi connectivity index (χ1v) is 14.6. The van der Waals surface area contributed by atoms with Crippen molar-refractivity contribution in [2.75, 3.05) is 18.5 Å². The van der Waals surface area contributed by atoms with Crippen molar-refractivity contribution in [3.63, 3.8) is 0 Å². The van der Waals surface area contributed by atoms with Crippen LogP contribution in [-0.2, 0) is 6.54 Å². The topological polar surface area (TPSA) is 69.6 Å². The Kier molecular flexibility index (Phi) is 12.5. The monoisotopic (exact) mass is 556 g/mol. The van der Waals surface area contributed by atoms with E-state index in [0.717, 1.165) is 43.9 Å². The lowest BCUT2D eigenvalue weighted by Gasteiger charge is -2.19. The molecule has 0 bridgehead atoms. The fourth-order valence-corrected chi connectivity index (χ4v) is 4.56. The Balaban J connectivity index is 2.02. The van der Waals surface area contributed by atoms with Crippen LogP contribution in [0.2, 0.25) is 0 Å². The summed E-state index contributed by atoms with van der Waals surface area (Å²) in [5, 5.41) is 3.73. The number of pyridine rings is 1. The number of allylic oxidation sites excluding steroid dienone is 3. The SMILES string of the molecule is C=CCOc1c(OCC=C(C)CCC=C(C)C)c2ccc(NC(=O)c3ccccc3)cc2n(CCCCCC)c1=O. The van der Waals surface area contributed by atoms with E-state index in [9.17, 15) is 9.59 Å². The van der Waals surface area contributed by atoms with E-state index in [4.69, 9.17) is 9.47 Å². The second-order valence-corrected chi connectivity index (χ2v) is 10.5. The average Bonchev–Trinajstić information content (AvgIpc) is 2.96. The Bertz CT molecular complexity index is 1430. The van der Waals surface area contributed by atoms with Gasteiger partial charge in [0, 0.05) is 23.2 Å². The largest absolute Gasteiger partial charge is 0.485 e. The lowest BCUT2D eigenvalue weighted by molar-refractivity contribution is 0.102. The number of amides is 1. The highest BCUT2D eigenvalue weighted by atomic mass is 16.5. The van der Waals surface area contributed by atoms with E-state index in [1.165, 1.54) is 11.1 Å². The van der Waals surface area contributed by atoms with Gasteiger partial charge in [0.2, 0.25) is 5.75 Å². The molecule has 1 amide bonds. The summed E-state index contributed by atoms with van der Waals surface area (Å²) in [7, 11) is 0. The van der Waals surface area contributed by atoms with Gasteiger partial charge in [0.25, 0.3) is 11.5 Å². The second kappa shape index (κ2) is 16.3. The van der Waals surface area contributed by atoms with Crippen LogP contribution < -0.4 is 20.3 Å². The summed E-state index contributed by atoms with van der Waals surface area (Å²) in [6, 6.07) is 14.6. The van der Waals surface area contributed by atoms with Crippen LogP contribution in [0.15, 0.2) is 89.3 Å². The van der Waals surface area contributed by atoms with Gasteiger partial charge in [-0.05, 0) is 76.4 Å². The van der Waals surface area contributed by atoms with Gasteiger partial charge in [-0.1, -0.05) is 74.3 Å². The molecule has 218 valence electrons. The predicted molar refractivity (Wildman–Crippen MR) is 170 cm³/mol. The van der Waals surface area contributed by atoms with Crippen LogP contribution in [0, 0.1) is 0 Å². The summed E-state index contributed by atoms with van der Waals surface area (Å²) in [5.74, 6) is 0.383. The maximum Gasteiger partial charge on any atom is 0.297 e. The van der Waals surface area contributed by atoms with E-state index in [-0.39, 0.29) is 23.8 Å². The number of benzene rings is 2. The number of carbonyl (C=O) groups excluding carboxylic acids is 1. The van der Waals surface area contributed by atoms with Crippen LogP contribution in [0.4, 0.5) is 5.69 Å². The number of fused-ring (bicyclic) bond motifs is 1. The molecule has 0 fully saturated rings. The van der Waals surface area contributed by atoms with E-state index in [1.54, 1.807) is 22.8 Å². The molecule has 1 aromatic heterocycles. The van der Waals surface area contributed by atoms with E-state index < -0.39 is 0 Å². The minimum atomic E-state index is -0.248. The molecular weight excluding hydrogens is 512 g/mol. The third-order valence-electron chi connectivity index (χ3n) is 6.80. The number of aromatic nitrogens is 1. The molecule has 41 heavy (non-hydrogen) atoms. The third-order valence-corrected chi connectivity index (χ3v) is 6.80. The van der Waals surface area contributed by atoms with Crippen molar-refractivity contribution in [3.8, 4) is 11.5 Å². The Morgan fingerprint density at radius 1 is 0.951 bits per heavy atom. The first-order valence-electron chi connectivity index (χ1n) is 14.6. The molecule has 0 unspecified atom stereocenters. The number of nitrogens with zero attached hydrogens (tertiary/aromatic N) is 1. The average molecular weight is 557 g/mol. The van der Waals surface area contributed by atoms with Gasteiger partial charge in [0.05, 0.1) is 5.52 Å². The fourth-order valence-electron chi connectivity index (χ4n) is 4.56. The molecule has 2 aromatic carbocycles. The number of hydrogen-bond donors (Lipinski definition) is 1. The Labute approximate surface area is 244 Å². The van der Waals surface area contributed by atoms with Crippen molar-refractivity contribution >= 4 is 22.5 Å². The number of anilines is 1.